The molecule has 0 saturated carbocycles. The molecule has 0 bridgehead atoms. The van der Waals surface area contributed by atoms with Gasteiger partial charge in [-0.1, -0.05) is 42.5 Å². The van der Waals surface area contributed by atoms with Crippen LogP contribution in [0.1, 0.15) is 0 Å². The number of benzene rings is 3. The molecule has 0 amide bonds. The number of hydrogen-bond acceptors (Lipinski definition) is 2. The van der Waals surface area contributed by atoms with E-state index in [1.807, 2.05) is 11.3 Å². The first kappa shape index (κ1) is 12.5. The lowest BCUT2D eigenvalue weighted by molar-refractivity contribution is 1.25. The van der Waals surface area contributed by atoms with Gasteiger partial charge in [0, 0.05) is 31.8 Å². The minimum absolute atomic E-state index is 1.03. The number of thiophene rings is 1. The van der Waals surface area contributed by atoms with E-state index in [4.69, 9.17) is 4.98 Å². The fourth-order valence-electron chi connectivity index (χ4n) is 3.66. The number of hydrogen-bond donors (Lipinski definition) is 0. The lowest BCUT2D eigenvalue weighted by atomic mass is 10.1. The predicted octanol–water partition coefficient (Wildman–Crippen LogP) is 6.01. The summed E-state index contributed by atoms with van der Waals surface area (Å²) in [6.45, 7) is 0. The van der Waals surface area contributed by atoms with Gasteiger partial charge in [0.1, 0.15) is 5.65 Å². The number of rotatable bonds is 0. The molecule has 6 aromatic rings. The standard InChI is InChI=1S/C21H12N2S/c1-2-6-14-13(5-1)9-10-23-18-12-20-16(11-17(18)22-21(14)23)15-7-3-4-8-19(15)24-20/h1-12H. The van der Waals surface area contributed by atoms with Gasteiger partial charge in [-0.05, 0) is 29.7 Å². The summed E-state index contributed by atoms with van der Waals surface area (Å²) in [5.74, 6) is 0. The number of fused-ring (bicyclic) bond motifs is 8. The van der Waals surface area contributed by atoms with E-state index in [0.717, 1.165) is 11.2 Å². The van der Waals surface area contributed by atoms with Crippen LogP contribution in [0.5, 0.6) is 0 Å². The van der Waals surface area contributed by atoms with Crippen molar-refractivity contribution in [1.29, 1.82) is 0 Å². The van der Waals surface area contributed by atoms with E-state index in [9.17, 15) is 0 Å². The molecule has 3 heteroatoms. The van der Waals surface area contributed by atoms with Crippen molar-refractivity contribution in [1.82, 2.24) is 9.38 Å². The van der Waals surface area contributed by atoms with E-state index in [-0.39, 0.29) is 0 Å². The molecule has 3 aromatic heterocycles. The molecule has 0 fully saturated rings. The van der Waals surface area contributed by atoms with E-state index >= 15 is 0 Å². The van der Waals surface area contributed by atoms with Crippen LogP contribution in [-0.4, -0.2) is 9.38 Å². The zero-order chi connectivity index (χ0) is 15.7. The molecule has 3 aromatic carbocycles. The molecule has 0 saturated heterocycles. The summed E-state index contributed by atoms with van der Waals surface area (Å²) in [5, 5.41) is 5.05. The van der Waals surface area contributed by atoms with E-state index < -0.39 is 0 Å². The maximum Gasteiger partial charge on any atom is 0.145 e. The van der Waals surface area contributed by atoms with Gasteiger partial charge < -0.3 is 0 Å². The van der Waals surface area contributed by atoms with Gasteiger partial charge in [-0.25, -0.2) is 4.98 Å². The number of pyridine rings is 1. The lowest BCUT2D eigenvalue weighted by Crippen LogP contribution is -1.85. The minimum Gasteiger partial charge on any atom is -0.299 e. The number of aromatic nitrogens is 2. The molecule has 0 spiro atoms. The molecule has 6 rings (SSSR count). The van der Waals surface area contributed by atoms with Crippen LogP contribution in [0.3, 0.4) is 0 Å². The van der Waals surface area contributed by atoms with Crippen molar-refractivity contribution in [2.24, 2.45) is 0 Å². The van der Waals surface area contributed by atoms with Crippen molar-refractivity contribution in [3.05, 3.63) is 72.9 Å². The minimum atomic E-state index is 1.03. The van der Waals surface area contributed by atoms with Gasteiger partial charge in [-0.2, -0.15) is 0 Å². The van der Waals surface area contributed by atoms with Crippen LogP contribution < -0.4 is 0 Å². The highest BCUT2D eigenvalue weighted by molar-refractivity contribution is 7.25. The Balaban J connectivity index is 1.84. The summed E-state index contributed by atoms with van der Waals surface area (Å²) in [6, 6.07) is 23.7. The molecule has 3 heterocycles. The normalized spacial score (nSPS) is 12.2. The maximum atomic E-state index is 4.95. The Hall–Kier alpha value is -2.91. The van der Waals surface area contributed by atoms with E-state index in [2.05, 4.69) is 77.3 Å². The third-order valence-electron chi connectivity index (χ3n) is 4.79. The second-order valence-corrected chi connectivity index (χ2v) is 7.23. The summed E-state index contributed by atoms with van der Waals surface area (Å²) in [6.07, 6.45) is 2.13. The summed E-state index contributed by atoms with van der Waals surface area (Å²) in [7, 11) is 0. The molecule has 2 nitrogen and oxygen atoms in total. The second-order valence-electron chi connectivity index (χ2n) is 6.14. The molecule has 0 aliphatic heterocycles. The molecule has 24 heavy (non-hydrogen) atoms. The zero-order valence-electron chi connectivity index (χ0n) is 12.7. The highest BCUT2D eigenvalue weighted by Gasteiger charge is 2.11. The SMILES string of the molecule is c1ccc2c(c1)ccn1c3cc4sc5ccccc5c4cc3nc21. The van der Waals surface area contributed by atoms with Gasteiger partial charge >= 0.3 is 0 Å². The average molecular weight is 324 g/mol. The Morgan fingerprint density at radius 3 is 2.54 bits per heavy atom. The van der Waals surface area contributed by atoms with Gasteiger partial charge in [0.15, 0.2) is 0 Å². The van der Waals surface area contributed by atoms with Crippen LogP contribution >= 0.6 is 11.3 Å². The summed E-state index contributed by atoms with van der Waals surface area (Å²) in [4.78, 5) is 4.95. The fourth-order valence-corrected chi connectivity index (χ4v) is 4.78. The van der Waals surface area contributed by atoms with Crippen molar-refractivity contribution in [2.75, 3.05) is 0 Å². The van der Waals surface area contributed by atoms with E-state index in [1.54, 1.807) is 0 Å². The van der Waals surface area contributed by atoms with Crippen LogP contribution in [0.15, 0.2) is 72.9 Å². The van der Waals surface area contributed by atoms with Gasteiger partial charge in [0.05, 0.1) is 11.0 Å². The van der Waals surface area contributed by atoms with Crippen molar-refractivity contribution in [3.8, 4) is 0 Å². The average Bonchev–Trinajstić information content (AvgIpc) is 3.17. The highest BCUT2D eigenvalue weighted by atomic mass is 32.1. The second kappa shape index (κ2) is 4.34. The number of imidazole rings is 1. The molecule has 0 aliphatic rings. The lowest BCUT2D eigenvalue weighted by Gasteiger charge is -2.00. The Morgan fingerprint density at radius 2 is 1.58 bits per heavy atom. The van der Waals surface area contributed by atoms with Crippen molar-refractivity contribution >= 4 is 59.0 Å². The van der Waals surface area contributed by atoms with Gasteiger partial charge in [-0.3, -0.25) is 4.40 Å². The Labute approximate surface area is 141 Å². The van der Waals surface area contributed by atoms with Crippen LogP contribution in [0.4, 0.5) is 0 Å². The largest absolute Gasteiger partial charge is 0.299 e. The topological polar surface area (TPSA) is 17.3 Å². The van der Waals surface area contributed by atoms with Crippen molar-refractivity contribution in [3.63, 3.8) is 0 Å². The van der Waals surface area contributed by atoms with Crippen molar-refractivity contribution in [2.45, 2.75) is 0 Å². The van der Waals surface area contributed by atoms with Crippen LogP contribution in [-0.2, 0) is 0 Å². The molecule has 0 atom stereocenters. The first-order valence-corrected chi connectivity index (χ1v) is 8.81. The zero-order valence-corrected chi connectivity index (χ0v) is 13.5. The van der Waals surface area contributed by atoms with Gasteiger partial charge in [-0.15, -0.1) is 11.3 Å². The van der Waals surface area contributed by atoms with E-state index in [1.165, 1.54) is 36.5 Å². The summed E-state index contributed by atoms with van der Waals surface area (Å²) < 4.78 is 4.86. The van der Waals surface area contributed by atoms with E-state index in [0.29, 0.717) is 0 Å². The Morgan fingerprint density at radius 1 is 0.750 bits per heavy atom. The molecule has 112 valence electrons. The quantitative estimate of drug-likeness (QED) is 0.334. The third kappa shape index (κ3) is 1.52. The monoisotopic (exact) mass is 324 g/mol. The first-order valence-electron chi connectivity index (χ1n) is 7.99. The van der Waals surface area contributed by atoms with Crippen LogP contribution in [0, 0.1) is 0 Å². The number of nitrogens with zero attached hydrogens (tertiary/aromatic N) is 2. The smallest absolute Gasteiger partial charge is 0.145 e. The predicted molar refractivity (Wildman–Crippen MR) is 103 cm³/mol. The van der Waals surface area contributed by atoms with Crippen LogP contribution in [0.2, 0.25) is 0 Å². The Bertz CT molecular complexity index is 1400. The highest BCUT2D eigenvalue weighted by Crippen LogP contribution is 2.36. The molecule has 0 aliphatic carbocycles. The summed E-state index contributed by atoms with van der Waals surface area (Å²) in [5.41, 5.74) is 3.27. The summed E-state index contributed by atoms with van der Waals surface area (Å²) >= 11 is 1.85. The maximum absolute atomic E-state index is 4.95. The van der Waals surface area contributed by atoms with Crippen molar-refractivity contribution < 1.29 is 0 Å². The van der Waals surface area contributed by atoms with Gasteiger partial charge in [0.25, 0.3) is 0 Å². The Kier molecular flexibility index (Phi) is 2.26. The molecular weight excluding hydrogens is 312 g/mol. The third-order valence-corrected chi connectivity index (χ3v) is 5.93. The van der Waals surface area contributed by atoms with Crippen LogP contribution in [0.25, 0.3) is 47.6 Å². The molecule has 0 unspecified atom stereocenters. The van der Waals surface area contributed by atoms with Gasteiger partial charge in [0.2, 0.25) is 0 Å². The first-order chi connectivity index (χ1) is 11.9. The fraction of sp³-hybridized carbons (Fsp3) is 0. The molecule has 0 N–H and O–H groups in total. The molecular formula is C21H12N2S. The molecule has 0 radical (unpaired) electrons.